The van der Waals surface area contributed by atoms with Crippen LogP contribution in [-0.2, 0) is 14.3 Å². The molecule has 1 aliphatic rings. The van der Waals surface area contributed by atoms with Gasteiger partial charge in [0.05, 0.1) is 26.2 Å². The van der Waals surface area contributed by atoms with Gasteiger partial charge >= 0.3 is 0 Å². The Balaban J connectivity index is 1.44. The highest BCUT2D eigenvalue weighted by molar-refractivity contribution is 5.90. The van der Waals surface area contributed by atoms with Crippen molar-refractivity contribution in [1.29, 1.82) is 0 Å². The van der Waals surface area contributed by atoms with Crippen LogP contribution in [0.5, 0.6) is 5.75 Å². The Labute approximate surface area is 135 Å². The van der Waals surface area contributed by atoms with Gasteiger partial charge in [0, 0.05) is 11.3 Å². The minimum Gasteiger partial charge on any atom is -0.493 e. The average molecular weight is 313 g/mol. The van der Waals surface area contributed by atoms with E-state index in [1.54, 1.807) is 0 Å². The molecule has 0 unspecified atom stereocenters. The molecule has 1 heterocycles. The lowest BCUT2D eigenvalue weighted by atomic mass is 10.2. The molecule has 1 amide bonds. The molecule has 0 spiro atoms. The average Bonchev–Trinajstić information content (AvgIpc) is 3.11. The Morgan fingerprint density at radius 1 is 1.04 bits per heavy atom. The molecule has 120 valence electrons. The molecule has 2 aromatic rings. The number of hydrogen-bond donors (Lipinski definition) is 1. The lowest BCUT2D eigenvalue weighted by molar-refractivity contribution is -0.116. The van der Waals surface area contributed by atoms with E-state index in [0.29, 0.717) is 26.2 Å². The van der Waals surface area contributed by atoms with Crippen LogP contribution < -0.4 is 10.1 Å². The highest BCUT2D eigenvalue weighted by Crippen LogP contribution is 2.24. The topological polar surface area (TPSA) is 56.8 Å². The predicted octanol–water partition coefficient (Wildman–Crippen LogP) is 3.14. The molecule has 1 saturated heterocycles. The van der Waals surface area contributed by atoms with Gasteiger partial charge in [0.2, 0.25) is 5.91 Å². The predicted molar refractivity (Wildman–Crippen MR) is 86.3 cm³/mol. The Morgan fingerprint density at radius 3 is 2.43 bits per heavy atom. The molecule has 5 heteroatoms. The minimum absolute atomic E-state index is 0.0814. The lowest BCUT2D eigenvalue weighted by Crippen LogP contribution is -2.15. The second-order valence-corrected chi connectivity index (χ2v) is 5.16. The number of hydrogen-bond acceptors (Lipinski definition) is 4. The standard InChI is InChI=1S/C18H19NO4/c20-17(10-11-21-16-4-2-1-3-5-16)19-15-8-6-14(7-9-15)18-22-12-13-23-18/h1-9,18H,10-13H2,(H,19,20). The third kappa shape index (κ3) is 4.55. The molecule has 0 bridgehead atoms. The van der Waals surface area contributed by atoms with E-state index in [1.807, 2.05) is 54.6 Å². The van der Waals surface area contributed by atoms with Crippen molar-refractivity contribution in [3.05, 3.63) is 60.2 Å². The molecular formula is C18H19NO4. The Kier molecular flexibility index (Phi) is 5.24. The summed E-state index contributed by atoms with van der Waals surface area (Å²) < 4.78 is 16.4. The molecule has 5 nitrogen and oxygen atoms in total. The van der Waals surface area contributed by atoms with E-state index in [1.165, 1.54) is 0 Å². The van der Waals surface area contributed by atoms with Gasteiger partial charge in [0.25, 0.3) is 0 Å². The zero-order chi connectivity index (χ0) is 15.9. The Hall–Kier alpha value is -2.37. The van der Waals surface area contributed by atoms with E-state index in [0.717, 1.165) is 17.0 Å². The molecule has 0 aliphatic carbocycles. The van der Waals surface area contributed by atoms with Crippen molar-refractivity contribution in [3.63, 3.8) is 0 Å². The maximum absolute atomic E-state index is 11.9. The number of carbonyl (C=O) groups is 1. The van der Waals surface area contributed by atoms with Gasteiger partial charge in [-0.1, -0.05) is 30.3 Å². The van der Waals surface area contributed by atoms with E-state index in [2.05, 4.69) is 5.32 Å². The van der Waals surface area contributed by atoms with Crippen molar-refractivity contribution < 1.29 is 19.0 Å². The number of carbonyl (C=O) groups excluding carboxylic acids is 1. The Bertz CT molecular complexity index is 621. The maximum Gasteiger partial charge on any atom is 0.227 e. The first-order chi connectivity index (χ1) is 11.3. The molecule has 1 fully saturated rings. The molecule has 1 N–H and O–H groups in total. The smallest absolute Gasteiger partial charge is 0.227 e. The third-order valence-electron chi connectivity index (χ3n) is 3.43. The maximum atomic E-state index is 11.9. The van der Waals surface area contributed by atoms with Crippen LogP contribution in [0.4, 0.5) is 5.69 Å². The number of amides is 1. The van der Waals surface area contributed by atoms with Crippen molar-refractivity contribution in [1.82, 2.24) is 0 Å². The first-order valence-corrected chi connectivity index (χ1v) is 7.62. The number of para-hydroxylation sites is 1. The monoisotopic (exact) mass is 313 g/mol. The van der Waals surface area contributed by atoms with Gasteiger partial charge < -0.3 is 19.5 Å². The van der Waals surface area contributed by atoms with Crippen molar-refractivity contribution in [2.45, 2.75) is 12.7 Å². The van der Waals surface area contributed by atoms with E-state index in [9.17, 15) is 4.79 Å². The fraction of sp³-hybridized carbons (Fsp3) is 0.278. The van der Waals surface area contributed by atoms with Crippen molar-refractivity contribution in [2.24, 2.45) is 0 Å². The van der Waals surface area contributed by atoms with Crippen LogP contribution in [0.3, 0.4) is 0 Å². The van der Waals surface area contributed by atoms with Crippen LogP contribution >= 0.6 is 0 Å². The summed E-state index contributed by atoms with van der Waals surface area (Å²) in [4.78, 5) is 11.9. The fourth-order valence-electron chi connectivity index (χ4n) is 2.28. The van der Waals surface area contributed by atoms with E-state index in [-0.39, 0.29) is 12.2 Å². The van der Waals surface area contributed by atoms with Crippen LogP contribution in [-0.4, -0.2) is 25.7 Å². The summed E-state index contributed by atoms with van der Waals surface area (Å²) >= 11 is 0. The summed E-state index contributed by atoms with van der Waals surface area (Å²) in [6, 6.07) is 16.9. The summed E-state index contributed by atoms with van der Waals surface area (Å²) in [5, 5.41) is 2.85. The molecular weight excluding hydrogens is 294 g/mol. The van der Waals surface area contributed by atoms with E-state index >= 15 is 0 Å². The van der Waals surface area contributed by atoms with Crippen LogP contribution in [0.15, 0.2) is 54.6 Å². The van der Waals surface area contributed by atoms with Gasteiger partial charge in [-0.15, -0.1) is 0 Å². The summed E-state index contributed by atoms with van der Waals surface area (Å²) in [6.45, 7) is 1.58. The Morgan fingerprint density at radius 2 is 1.74 bits per heavy atom. The summed E-state index contributed by atoms with van der Waals surface area (Å²) in [5.74, 6) is 0.684. The summed E-state index contributed by atoms with van der Waals surface area (Å²) in [6.07, 6.45) is 0.00455. The van der Waals surface area contributed by atoms with Crippen LogP contribution in [0.2, 0.25) is 0 Å². The van der Waals surface area contributed by atoms with Crippen molar-refractivity contribution in [3.8, 4) is 5.75 Å². The first kappa shape index (κ1) is 15.5. The van der Waals surface area contributed by atoms with Gasteiger partial charge in [-0.3, -0.25) is 4.79 Å². The number of anilines is 1. The molecule has 1 aliphatic heterocycles. The van der Waals surface area contributed by atoms with Gasteiger partial charge in [0.15, 0.2) is 6.29 Å². The molecule has 0 atom stereocenters. The summed E-state index contributed by atoms with van der Waals surface area (Å²) in [7, 11) is 0. The van der Waals surface area contributed by atoms with Crippen molar-refractivity contribution >= 4 is 11.6 Å². The normalized spacial score (nSPS) is 14.6. The largest absolute Gasteiger partial charge is 0.493 e. The number of benzene rings is 2. The highest BCUT2D eigenvalue weighted by Gasteiger charge is 2.17. The van der Waals surface area contributed by atoms with Crippen LogP contribution in [0.25, 0.3) is 0 Å². The van der Waals surface area contributed by atoms with Crippen LogP contribution in [0, 0.1) is 0 Å². The SMILES string of the molecule is O=C(CCOc1ccccc1)Nc1ccc(C2OCCO2)cc1. The zero-order valence-electron chi connectivity index (χ0n) is 12.7. The molecule has 0 radical (unpaired) electrons. The zero-order valence-corrected chi connectivity index (χ0v) is 12.7. The van der Waals surface area contributed by atoms with Crippen LogP contribution in [0.1, 0.15) is 18.3 Å². The van der Waals surface area contributed by atoms with Gasteiger partial charge in [0.1, 0.15) is 5.75 Å². The second kappa shape index (κ2) is 7.76. The molecule has 0 saturated carbocycles. The molecule has 23 heavy (non-hydrogen) atoms. The number of ether oxygens (including phenoxy) is 3. The molecule has 2 aromatic carbocycles. The van der Waals surface area contributed by atoms with E-state index < -0.39 is 0 Å². The van der Waals surface area contributed by atoms with E-state index in [4.69, 9.17) is 14.2 Å². The minimum atomic E-state index is -0.293. The van der Waals surface area contributed by atoms with Gasteiger partial charge in [-0.05, 0) is 24.3 Å². The first-order valence-electron chi connectivity index (χ1n) is 7.62. The molecule has 3 rings (SSSR count). The number of rotatable bonds is 6. The van der Waals surface area contributed by atoms with Gasteiger partial charge in [-0.2, -0.15) is 0 Å². The highest BCUT2D eigenvalue weighted by atomic mass is 16.7. The molecule has 0 aromatic heterocycles. The van der Waals surface area contributed by atoms with Gasteiger partial charge in [-0.25, -0.2) is 0 Å². The fourth-order valence-corrected chi connectivity index (χ4v) is 2.28. The summed E-state index contributed by atoms with van der Waals surface area (Å²) in [5.41, 5.74) is 1.70. The second-order valence-electron chi connectivity index (χ2n) is 5.16. The number of nitrogens with one attached hydrogen (secondary N) is 1. The third-order valence-corrected chi connectivity index (χ3v) is 3.43. The van der Waals surface area contributed by atoms with Crippen molar-refractivity contribution in [2.75, 3.05) is 25.1 Å². The quantitative estimate of drug-likeness (QED) is 0.890. The lowest BCUT2D eigenvalue weighted by Gasteiger charge is -2.11.